The number of amides is 1. The Morgan fingerprint density at radius 2 is 1.91 bits per heavy atom. The second kappa shape index (κ2) is 7.47. The van der Waals surface area contributed by atoms with Crippen LogP contribution in [-0.2, 0) is 9.53 Å². The Kier molecular flexibility index (Phi) is 5.14. The molecule has 2 fully saturated rings. The highest BCUT2D eigenvalue weighted by Gasteiger charge is 2.24. The smallest absolute Gasteiger partial charge is 0.253 e. The van der Waals surface area contributed by atoms with E-state index < -0.39 is 0 Å². The zero-order chi connectivity index (χ0) is 16.1. The summed E-state index contributed by atoms with van der Waals surface area (Å²) >= 11 is 0. The zero-order valence-corrected chi connectivity index (χ0v) is 13.3. The summed E-state index contributed by atoms with van der Waals surface area (Å²) in [6.45, 7) is 0.673. The summed E-state index contributed by atoms with van der Waals surface area (Å²) in [6, 6.07) is 10.5. The van der Waals surface area contributed by atoms with Gasteiger partial charge in [0.05, 0.1) is 6.07 Å². The number of nitrogens with one attached hydrogen (secondary N) is 2. The molecule has 2 N–H and O–H groups in total. The lowest BCUT2D eigenvalue weighted by Crippen LogP contribution is -2.27. The monoisotopic (exact) mass is 313 g/mol. The van der Waals surface area contributed by atoms with Gasteiger partial charge in [-0.15, -0.1) is 0 Å². The van der Waals surface area contributed by atoms with Gasteiger partial charge in [0.15, 0.2) is 0 Å². The maximum atomic E-state index is 12.0. The first kappa shape index (κ1) is 15.8. The molecule has 1 aliphatic heterocycles. The van der Waals surface area contributed by atoms with Gasteiger partial charge in [0.1, 0.15) is 6.10 Å². The molecule has 1 heterocycles. The molecule has 1 amide bonds. The highest BCUT2D eigenvalue weighted by Crippen LogP contribution is 2.26. The fraction of sp³-hybridized carbons (Fsp3) is 0.556. The third kappa shape index (κ3) is 4.23. The summed E-state index contributed by atoms with van der Waals surface area (Å²) in [7, 11) is 0. The molecule has 5 nitrogen and oxygen atoms in total. The Balaban J connectivity index is 1.52. The molecule has 5 heteroatoms. The molecular formula is C18H23N3O2. The fourth-order valence-corrected chi connectivity index (χ4v) is 3.33. The molecule has 3 atom stereocenters. The standard InChI is InChI=1S/C18H23N3O2/c19-12-13-3-1-4-16(11-13)20-14-6-8-15(9-7-14)21-18(22)17-5-2-10-23-17/h6-9,13,16-17,20H,1-5,10-11H2,(H,21,22)/t13-,16-,17-/m1/s1. The molecule has 3 rings (SSSR count). The van der Waals surface area contributed by atoms with E-state index in [0.29, 0.717) is 12.6 Å². The van der Waals surface area contributed by atoms with Crippen LogP contribution in [0, 0.1) is 17.2 Å². The van der Waals surface area contributed by atoms with Crippen molar-refractivity contribution in [2.24, 2.45) is 5.92 Å². The number of benzene rings is 1. The molecule has 0 unspecified atom stereocenters. The number of rotatable bonds is 4. The van der Waals surface area contributed by atoms with Gasteiger partial charge in [0.25, 0.3) is 5.91 Å². The van der Waals surface area contributed by atoms with Crippen LogP contribution in [-0.4, -0.2) is 24.7 Å². The van der Waals surface area contributed by atoms with Crippen LogP contribution in [0.15, 0.2) is 24.3 Å². The van der Waals surface area contributed by atoms with E-state index >= 15 is 0 Å². The Morgan fingerprint density at radius 3 is 2.61 bits per heavy atom. The molecule has 1 aliphatic carbocycles. The number of ether oxygens (including phenoxy) is 1. The summed E-state index contributed by atoms with van der Waals surface area (Å²) in [5.41, 5.74) is 1.82. The van der Waals surface area contributed by atoms with Crippen LogP contribution in [0.4, 0.5) is 11.4 Å². The number of hydrogen-bond donors (Lipinski definition) is 2. The van der Waals surface area contributed by atoms with Gasteiger partial charge in [-0.1, -0.05) is 6.42 Å². The van der Waals surface area contributed by atoms with Crippen molar-refractivity contribution in [1.29, 1.82) is 5.26 Å². The van der Waals surface area contributed by atoms with Crippen LogP contribution in [0.5, 0.6) is 0 Å². The average Bonchev–Trinajstić information content (AvgIpc) is 3.11. The van der Waals surface area contributed by atoms with Crippen molar-refractivity contribution in [2.75, 3.05) is 17.2 Å². The molecule has 122 valence electrons. The minimum absolute atomic E-state index is 0.0626. The predicted molar refractivity (Wildman–Crippen MR) is 89.0 cm³/mol. The van der Waals surface area contributed by atoms with Crippen molar-refractivity contribution >= 4 is 17.3 Å². The molecule has 0 radical (unpaired) electrons. The third-order valence-electron chi connectivity index (χ3n) is 4.60. The number of nitrogens with zero attached hydrogens (tertiary/aromatic N) is 1. The summed E-state index contributed by atoms with van der Waals surface area (Å²) in [5, 5.41) is 15.4. The lowest BCUT2D eigenvalue weighted by Gasteiger charge is -2.27. The van der Waals surface area contributed by atoms with Crippen molar-refractivity contribution in [3.8, 4) is 6.07 Å². The summed E-state index contributed by atoms with van der Waals surface area (Å²) in [6.07, 6.45) is 5.58. The van der Waals surface area contributed by atoms with Crippen LogP contribution in [0.2, 0.25) is 0 Å². The van der Waals surface area contributed by atoms with Crippen LogP contribution in [0.1, 0.15) is 38.5 Å². The Bertz CT molecular complexity index is 573. The molecule has 2 aliphatic rings. The second-order valence-corrected chi connectivity index (χ2v) is 6.40. The van der Waals surface area contributed by atoms with Gasteiger partial charge in [0.2, 0.25) is 0 Å². The molecule has 0 aromatic heterocycles. The minimum atomic E-state index is -0.307. The number of carbonyl (C=O) groups is 1. The molecule has 0 bridgehead atoms. The van der Waals surface area contributed by atoms with Gasteiger partial charge in [-0.2, -0.15) is 5.26 Å². The van der Waals surface area contributed by atoms with Crippen molar-refractivity contribution in [3.05, 3.63) is 24.3 Å². The van der Waals surface area contributed by atoms with Gasteiger partial charge in [-0.25, -0.2) is 0 Å². The molecule has 23 heavy (non-hydrogen) atoms. The van der Waals surface area contributed by atoms with E-state index in [1.165, 1.54) is 0 Å². The first-order valence-electron chi connectivity index (χ1n) is 8.43. The largest absolute Gasteiger partial charge is 0.382 e. The highest BCUT2D eigenvalue weighted by molar-refractivity contribution is 5.94. The van der Waals surface area contributed by atoms with E-state index in [4.69, 9.17) is 10.00 Å². The number of anilines is 2. The van der Waals surface area contributed by atoms with Gasteiger partial charge in [-0.05, 0) is 56.4 Å². The van der Waals surface area contributed by atoms with Crippen LogP contribution < -0.4 is 10.6 Å². The fourth-order valence-electron chi connectivity index (χ4n) is 3.33. The number of hydrogen-bond acceptors (Lipinski definition) is 4. The first-order chi connectivity index (χ1) is 11.2. The Hall–Kier alpha value is -2.06. The van der Waals surface area contributed by atoms with E-state index in [0.717, 1.165) is 49.9 Å². The molecular weight excluding hydrogens is 290 g/mol. The third-order valence-corrected chi connectivity index (χ3v) is 4.60. The van der Waals surface area contributed by atoms with Crippen LogP contribution >= 0.6 is 0 Å². The SMILES string of the molecule is N#C[C@@H]1CCC[C@@H](Nc2ccc(NC(=O)[C@H]3CCCO3)cc2)C1. The summed E-state index contributed by atoms with van der Waals surface area (Å²) in [4.78, 5) is 12.0. The minimum Gasteiger partial charge on any atom is -0.382 e. The van der Waals surface area contributed by atoms with Crippen molar-refractivity contribution in [2.45, 2.75) is 50.7 Å². The molecule has 1 saturated carbocycles. The van der Waals surface area contributed by atoms with E-state index in [1.807, 2.05) is 24.3 Å². The quantitative estimate of drug-likeness (QED) is 0.894. The van der Waals surface area contributed by atoms with Crippen molar-refractivity contribution < 1.29 is 9.53 Å². The lowest BCUT2D eigenvalue weighted by molar-refractivity contribution is -0.124. The van der Waals surface area contributed by atoms with E-state index in [-0.39, 0.29) is 17.9 Å². The molecule has 0 spiro atoms. The molecule has 1 aromatic carbocycles. The van der Waals surface area contributed by atoms with Crippen molar-refractivity contribution in [3.63, 3.8) is 0 Å². The van der Waals surface area contributed by atoms with Crippen LogP contribution in [0.25, 0.3) is 0 Å². The van der Waals surface area contributed by atoms with Crippen LogP contribution in [0.3, 0.4) is 0 Å². The number of nitriles is 1. The topological polar surface area (TPSA) is 74.2 Å². The van der Waals surface area contributed by atoms with Gasteiger partial charge in [0, 0.05) is 29.9 Å². The van der Waals surface area contributed by atoms with E-state index in [2.05, 4.69) is 16.7 Å². The maximum absolute atomic E-state index is 12.0. The number of carbonyl (C=O) groups excluding carboxylic acids is 1. The van der Waals surface area contributed by atoms with Gasteiger partial charge < -0.3 is 15.4 Å². The zero-order valence-electron chi connectivity index (χ0n) is 13.3. The first-order valence-corrected chi connectivity index (χ1v) is 8.43. The molecule has 1 aromatic rings. The van der Waals surface area contributed by atoms with Crippen molar-refractivity contribution in [1.82, 2.24) is 0 Å². The van der Waals surface area contributed by atoms with E-state index in [9.17, 15) is 4.79 Å². The second-order valence-electron chi connectivity index (χ2n) is 6.40. The molecule has 1 saturated heterocycles. The Morgan fingerprint density at radius 1 is 1.13 bits per heavy atom. The summed E-state index contributed by atoms with van der Waals surface area (Å²) in [5.74, 6) is 0.110. The normalized spacial score (nSPS) is 27.2. The maximum Gasteiger partial charge on any atom is 0.253 e. The predicted octanol–water partition coefficient (Wildman–Crippen LogP) is 3.30. The average molecular weight is 313 g/mol. The van der Waals surface area contributed by atoms with Gasteiger partial charge in [-0.3, -0.25) is 4.79 Å². The van der Waals surface area contributed by atoms with E-state index in [1.54, 1.807) is 0 Å². The summed E-state index contributed by atoms with van der Waals surface area (Å²) < 4.78 is 5.38. The lowest BCUT2D eigenvalue weighted by atomic mass is 9.86. The highest BCUT2D eigenvalue weighted by atomic mass is 16.5. The Labute approximate surface area is 137 Å². The van der Waals surface area contributed by atoms with Gasteiger partial charge >= 0.3 is 0 Å².